The van der Waals surface area contributed by atoms with Crippen molar-refractivity contribution in [1.82, 2.24) is 0 Å². The maximum Gasteiger partial charge on any atom is 0.0786 e. The van der Waals surface area contributed by atoms with E-state index in [9.17, 15) is 0 Å². The maximum absolute atomic E-state index is 2.47. The molecule has 0 aliphatic carbocycles. The van der Waals surface area contributed by atoms with Crippen LogP contribution >= 0.6 is 0 Å². The molecule has 0 atom stereocenters. The molecule has 2 heteroatoms. The molecule has 0 aromatic rings. The van der Waals surface area contributed by atoms with Crippen LogP contribution in [0.25, 0.3) is 0 Å². The number of unbranched alkanes of at least 4 members (excludes halogenated alkanes) is 16. The molecule has 0 unspecified atom stereocenters. The minimum absolute atomic E-state index is 0. The summed E-state index contributed by atoms with van der Waals surface area (Å²) in [6.45, 7) is 6.63. The number of halogens is 1. The molecule has 158 valence electrons. The summed E-state index contributed by atoms with van der Waals surface area (Å²) < 4.78 is 1.37. The summed E-state index contributed by atoms with van der Waals surface area (Å²) in [6.07, 6.45) is 28.0. The summed E-state index contributed by atoms with van der Waals surface area (Å²) >= 11 is 0. The van der Waals surface area contributed by atoms with Gasteiger partial charge in [0.05, 0.1) is 26.7 Å². The first-order valence-corrected chi connectivity index (χ1v) is 12.1. The topological polar surface area (TPSA) is 0 Å². The molecule has 1 rings (SSSR count). The van der Waals surface area contributed by atoms with Crippen LogP contribution in [0.15, 0.2) is 0 Å². The zero-order chi connectivity index (χ0) is 18.1. The normalized spacial score (nSPS) is 15.9. The molecule has 0 radical (unpaired) electrons. The highest BCUT2D eigenvalue weighted by molar-refractivity contribution is 4.53. The van der Waals surface area contributed by atoms with E-state index >= 15 is 0 Å². The third kappa shape index (κ3) is 15.5. The van der Waals surface area contributed by atoms with E-state index in [4.69, 9.17) is 0 Å². The standard InChI is InChI=1S/C24H50N.BrH/c1-3-4-5-6-7-8-9-10-11-12-13-14-15-16-17-18-19-22-25(2)23-20-21-24-25;/h3-24H2,1-2H3;1H/q+1;/p-1. The van der Waals surface area contributed by atoms with Crippen molar-refractivity contribution >= 4 is 0 Å². The van der Waals surface area contributed by atoms with Gasteiger partial charge in [0, 0.05) is 12.8 Å². The van der Waals surface area contributed by atoms with Crippen molar-refractivity contribution in [3.8, 4) is 0 Å². The Labute approximate surface area is 177 Å². The van der Waals surface area contributed by atoms with Crippen molar-refractivity contribution in [2.24, 2.45) is 0 Å². The quantitative estimate of drug-likeness (QED) is 0.214. The van der Waals surface area contributed by atoms with E-state index in [0.717, 1.165) is 0 Å². The summed E-state index contributed by atoms with van der Waals surface area (Å²) in [4.78, 5) is 0. The first-order chi connectivity index (χ1) is 12.3. The zero-order valence-electron chi connectivity index (χ0n) is 18.4. The lowest BCUT2D eigenvalue weighted by atomic mass is 10.0. The Hall–Kier alpha value is 0.440. The highest BCUT2D eigenvalue weighted by Crippen LogP contribution is 2.18. The lowest BCUT2D eigenvalue weighted by Gasteiger charge is -2.29. The van der Waals surface area contributed by atoms with E-state index in [1.807, 2.05) is 0 Å². The molecule has 0 saturated carbocycles. The molecular formula is C24H50BrN. The smallest absolute Gasteiger partial charge is 0.0786 e. The van der Waals surface area contributed by atoms with Crippen LogP contribution in [0, 0.1) is 0 Å². The minimum Gasteiger partial charge on any atom is -1.00 e. The van der Waals surface area contributed by atoms with Crippen LogP contribution in [-0.4, -0.2) is 31.2 Å². The second-order valence-corrected chi connectivity index (χ2v) is 9.15. The summed E-state index contributed by atoms with van der Waals surface area (Å²) in [6, 6.07) is 0. The van der Waals surface area contributed by atoms with Crippen molar-refractivity contribution in [3.05, 3.63) is 0 Å². The number of likely N-dealkylation sites (tertiary alicyclic amines) is 1. The number of hydrogen-bond donors (Lipinski definition) is 0. The molecule has 1 aliphatic rings. The van der Waals surface area contributed by atoms with Gasteiger partial charge in [-0.05, 0) is 12.8 Å². The molecule has 0 bridgehead atoms. The minimum atomic E-state index is 0. The lowest BCUT2D eigenvalue weighted by Crippen LogP contribution is -3.00. The van der Waals surface area contributed by atoms with Gasteiger partial charge in [0.25, 0.3) is 0 Å². The fraction of sp³-hybridized carbons (Fsp3) is 1.00. The zero-order valence-corrected chi connectivity index (χ0v) is 20.0. The third-order valence-corrected chi connectivity index (χ3v) is 6.45. The predicted octanol–water partition coefficient (Wildman–Crippen LogP) is 4.88. The molecular weight excluding hydrogens is 382 g/mol. The van der Waals surface area contributed by atoms with Gasteiger partial charge in [-0.2, -0.15) is 0 Å². The van der Waals surface area contributed by atoms with Gasteiger partial charge in [-0.3, -0.25) is 0 Å². The van der Waals surface area contributed by atoms with Crippen molar-refractivity contribution in [2.45, 2.75) is 129 Å². The molecule has 1 saturated heterocycles. The van der Waals surface area contributed by atoms with Crippen LogP contribution in [0.2, 0.25) is 0 Å². The van der Waals surface area contributed by atoms with Crippen LogP contribution < -0.4 is 17.0 Å². The van der Waals surface area contributed by atoms with Gasteiger partial charge in [-0.1, -0.05) is 103 Å². The lowest BCUT2D eigenvalue weighted by molar-refractivity contribution is -0.897. The van der Waals surface area contributed by atoms with Crippen molar-refractivity contribution < 1.29 is 21.5 Å². The van der Waals surface area contributed by atoms with E-state index in [0.29, 0.717) is 0 Å². The van der Waals surface area contributed by atoms with Crippen LogP contribution in [-0.2, 0) is 0 Å². The molecule has 26 heavy (non-hydrogen) atoms. The predicted molar refractivity (Wildman–Crippen MR) is 114 cm³/mol. The Morgan fingerprint density at radius 3 is 1.15 bits per heavy atom. The molecule has 1 fully saturated rings. The van der Waals surface area contributed by atoms with Crippen molar-refractivity contribution in [2.75, 3.05) is 26.7 Å². The van der Waals surface area contributed by atoms with Gasteiger partial charge in [0.1, 0.15) is 0 Å². The fourth-order valence-corrected chi connectivity index (χ4v) is 4.54. The summed E-state index contributed by atoms with van der Waals surface area (Å²) in [5.74, 6) is 0. The van der Waals surface area contributed by atoms with E-state index < -0.39 is 0 Å². The van der Waals surface area contributed by atoms with Crippen LogP contribution in [0.3, 0.4) is 0 Å². The average molecular weight is 433 g/mol. The van der Waals surface area contributed by atoms with E-state index in [1.165, 1.54) is 146 Å². The van der Waals surface area contributed by atoms with Crippen LogP contribution in [0.4, 0.5) is 0 Å². The summed E-state index contributed by atoms with van der Waals surface area (Å²) in [5, 5.41) is 0. The van der Waals surface area contributed by atoms with E-state index in [-0.39, 0.29) is 17.0 Å². The Bertz CT molecular complexity index is 273. The van der Waals surface area contributed by atoms with E-state index in [2.05, 4.69) is 14.0 Å². The molecule has 1 nitrogen and oxygen atoms in total. The average Bonchev–Trinajstić information content (AvgIpc) is 3.04. The first kappa shape index (κ1) is 26.4. The SMILES string of the molecule is CCCCCCCCCCCCCCCCCCC[N+]1(C)CCCC1.[Br-]. The van der Waals surface area contributed by atoms with Crippen LogP contribution in [0.5, 0.6) is 0 Å². The molecule has 0 spiro atoms. The van der Waals surface area contributed by atoms with Crippen molar-refractivity contribution in [3.63, 3.8) is 0 Å². The molecule has 1 heterocycles. The highest BCUT2D eigenvalue weighted by Gasteiger charge is 2.25. The Morgan fingerprint density at radius 1 is 0.500 bits per heavy atom. The van der Waals surface area contributed by atoms with Gasteiger partial charge in [0.15, 0.2) is 0 Å². The largest absolute Gasteiger partial charge is 1.00 e. The van der Waals surface area contributed by atoms with Crippen molar-refractivity contribution in [1.29, 1.82) is 0 Å². The molecule has 0 aromatic heterocycles. The van der Waals surface area contributed by atoms with Gasteiger partial charge in [-0.25, -0.2) is 0 Å². The van der Waals surface area contributed by atoms with Gasteiger partial charge in [0.2, 0.25) is 0 Å². The molecule has 0 aromatic carbocycles. The van der Waals surface area contributed by atoms with Gasteiger partial charge >= 0.3 is 0 Å². The summed E-state index contributed by atoms with van der Waals surface area (Å²) in [7, 11) is 2.47. The van der Waals surface area contributed by atoms with E-state index in [1.54, 1.807) is 0 Å². The first-order valence-electron chi connectivity index (χ1n) is 12.1. The third-order valence-electron chi connectivity index (χ3n) is 6.45. The second kappa shape index (κ2) is 18.8. The number of quaternary nitrogens is 1. The Morgan fingerprint density at radius 2 is 0.808 bits per heavy atom. The Kier molecular flexibility index (Phi) is 19.1. The van der Waals surface area contributed by atoms with Crippen LogP contribution in [0.1, 0.15) is 129 Å². The number of nitrogens with zero attached hydrogens (tertiary/aromatic N) is 1. The Balaban J connectivity index is 0.00000625. The summed E-state index contributed by atoms with van der Waals surface area (Å²) in [5.41, 5.74) is 0. The maximum atomic E-state index is 2.47. The monoisotopic (exact) mass is 431 g/mol. The number of rotatable bonds is 18. The fourth-order valence-electron chi connectivity index (χ4n) is 4.54. The molecule has 1 aliphatic heterocycles. The van der Waals surface area contributed by atoms with Gasteiger partial charge in [-0.15, -0.1) is 0 Å². The second-order valence-electron chi connectivity index (χ2n) is 9.15. The highest BCUT2D eigenvalue weighted by atomic mass is 79.9. The molecule has 0 amide bonds. The molecule has 0 N–H and O–H groups in total. The van der Waals surface area contributed by atoms with Gasteiger partial charge < -0.3 is 21.5 Å². The number of hydrogen-bond acceptors (Lipinski definition) is 0.